The van der Waals surface area contributed by atoms with Gasteiger partial charge in [0.25, 0.3) is 0 Å². The largest absolute Gasteiger partial charge is 0.504 e. The third-order valence-electron chi connectivity index (χ3n) is 2.49. The molecular formula is C11H14O2. The van der Waals surface area contributed by atoms with E-state index in [4.69, 9.17) is 4.74 Å². The molecule has 1 N–H and O–H groups in total. The van der Waals surface area contributed by atoms with E-state index in [1.807, 2.05) is 12.1 Å². The molecule has 0 radical (unpaired) electrons. The van der Waals surface area contributed by atoms with Gasteiger partial charge in [0.05, 0.1) is 7.11 Å². The molecule has 0 unspecified atom stereocenters. The van der Waals surface area contributed by atoms with E-state index in [1.54, 1.807) is 13.2 Å². The Morgan fingerprint density at radius 1 is 1.46 bits per heavy atom. The first-order valence-corrected chi connectivity index (χ1v) is 4.66. The molecule has 70 valence electrons. The number of ether oxygens (including phenoxy) is 1. The molecule has 0 atom stereocenters. The lowest BCUT2D eigenvalue weighted by Gasteiger charge is -2.08. The van der Waals surface area contributed by atoms with Gasteiger partial charge in [-0.3, -0.25) is 0 Å². The molecule has 0 heterocycles. The normalized spacial score (nSPS) is 15.8. The molecule has 1 aromatic rings. The lowest BCUT2D eigenvalue weighted by atomic mass is 10.1. The van der Waals surface area contributed by atoms with Crippen LogP contribution in [0.1, 0.15) is 18.4 Å². The minimum absolute atomic E-state index is 0.251. The van der Waals surface area contributed by atoms with Gasteiger partial charge in [-0.15, -0.1) is 0 Å². The van der Waals surface area contributed by atoms with Crippen molar-refractivity contribution in [3.63, 3.8) is 0 Å². The molecule has 0 aromatic heterocycles. The van der Waals surface area contributed by atoms with Crippen LogP contribution in [-0.4, -0.2) is 12.2 Å². The molecule has 1 fully saturated rings. The van der Waals surface area contributed by atoms with Crippen LogP contribution in [0.4, 0.5) is 0 Å². The van der Waals surface area contributed by atoms with E-state index >= 15 is 0 Å². The SMILES string of the molecule is COc1c(O)cccc1CC1CC1. The van der Waals surface area contributed by atoms with Crippen LogP contribution in [0.3, 0.4) is 0 Å². The predicted molar refractivity (Wildman–Crippen MR) is 51.1 cm³/mol. The first kappa shape index (κ1) is 8.42. The van der Waals surface area contributed by atoms with Crippen LogP contribution in [0.15, 0.2) is 18.2 Å². The van der Waals surface area contributed by atoms with E-state index in [2.05, 4.69) is 0 Å². The van der Waals surface area contributed by atoms with Crippen LogP contribution >= 0.6 is 0 Å². The average molecular weight is 178 g/mol. The molecule has 2 nitrogen and oxygen atoms in total. The fraction of sp³-hybridized carbons (Fsp3) is 0.455. The summed E-state index contributed by atoms with van der Waals surface area (Å²) in [7, 11) is 1.60. The molecule has 1 saturated carbocycles. The number of phenolic OH excluding ortho intramolecular Hbond substituents is 1. The van der Waals surface area contributed by atoms with Gasteiger partial charge < -0.3 is 9.84 Å². The van der Waals surface area contributed by atoms with Gasteiger partial charge in [0.2, 0.25) is 0 Å². The maximum Gasteiger partial charge on any atom is 0.163 e. The Hall–Kier alpha value is -1.18. The number of para-hydroxylation sites is 1. The van der Waals surface area contributed by atoms with Crippen LogP contribution in [0.2, 0.25) is 0 Å². The second kappa shape index (κ2) is 3.29. The molecule has 13 heavy (non-hydrogen) atoms. The Kier molecular flexibility index (Phi) is 2.13. The van der Waals surface area contributed by atoms with Crippen molar-refractivity contribution in [3.8, 4) is 11.5 Å². The third-order valence-corrected chi connectivity index (χ3v) is 2.49. The van der Waals surface area contributed by atoms with Crippen molar-refractivity contribution in [2.24, 2.45) is 5.92 Å². The molecule has 0 spiro atoms. The minimum Gasteiger partial charge on any atom is -0.504 e. The summed E-state index contributed by atoms with van der Waals surface area (Å²) in [6.45, 7) is 0. The number of benzene rings is 1. The molecule has 0 bridgehead atoms. The zero-order valence-electron chi connectivity index (χ0n) is 7.79. The monoisotopic (exact) mass is 178 g/mol. The first-order valence-electron chi connectivity index (χ1n) is 4.66. The highest BCUT2D eigenvalue weighted by Gasteiger charge is 2.23. The van der Waals surface area contributed by atoms with Crippen LogP contribution in [0.5, 0.6) is 11.5 Å². The summed E-state index contributed by atoms with van der Waals surface area (Å²) >= 11 is 0. The van der Waals surface area contributed by atoms with Crippen molar-refractivity contribution in [1.82, 2.24) is 0 Å². The van der Waals surface area contributed by atoms with Gasteiger partial charge >= 0.3 is 0 Å². The number of methoxy groups -OCH3 is 1. The summed E-state index contributed by atoms with van der Waals surface area (Å²) in [6, 6.07) is 5.56. The second-order valence-corrected chi connectivity index (χ2v) is 3.62. The maximum absolute atomic E-state index is 9.50. The molecular weight excluding hydrogens is 164 g/mol. The highest BCUT2D eigenvalue weighted by atomic mass is 16.5. The van der Waals surface area contributed by atoms with Gasteiger partial charge in [0.1, 0.15) is 0 Å². The Bertz CT molecular complexity index is 303. The quantitative estimate of drug-likeness (QED) is 0.769. The zero-order valence-corrected chi connectivity index (χ0v) is 7.79. The van der Waals surface area contributed by atoms with E-state index in [0.717, 1.165) is 17.9 Å². The maximum atomic E-state index is 9.50. The minimum atomic E-state index is 0.251. The standard InChI is InChI=1S/C11H14O2/c1-13-11-9(7-8-5-6-8)3-2-4-10(11)12/h2-4,8,12H,5-7H2,1H3. The first-order chi connectivity index (χ1) is 6.31. The molecule has 2 heteroatoms. The fourth-order valence-corrected chi connectivity index (χ4v) is 1.60. The Balaban J connectivity index is 2.25. The molecule has 1 aliphatic carbocycles. The van der Waals surface area contributed by atoms with Gasteiger partial charge in [-0.1, -0.05) is 12.1 Å². The highest BCUT2D eigenvalue weighted by molar-refractivity contribution is 5.45. The van der Waals surface area contributed by atoms with E-state index in [9.17, 15) is 5.11 Å². The summed E-state index contributed by atoms with van der Waals surface area (Å²) < 4.78 is 5.15. The van der Waals surface area contributed by atoms with Gasteiger partial charge in [0, 0.05) is 0 Å². The van der Waals surface area contributed by atoms with E-state index in [1.165, 1.54) is 12.8 Å². The van der Waals surface area contributed by atoms with Crippen molar-refractivity contribution in [1.29, 1.82) is 0 Å². The van der Waals surface area contributed by atoms with Crippen molar-refractivity contribution < 1.29 is 9.84 Å². The van der Waals surface area contributed by atoms with Gasteiger partial charge in [-0.05, 0) is 36.8 Å². The fourth-order valence-electron chi connectivity index (χ4n) is 1.60. The lowest BCUT2D eigenvalue weighted by Crippen LogP contribution is -1.93. The van der Waals surface area contributed by atoms with Gasteiger partial charge in [-0.25, -0.2) is 0 Å². The Morgan fingerprint density at radius 2 is 2.23 bits per heavy atom. The summed E-state index contributed by atoms with van der Waals surface area (Å²) in [5.41, 5.74) is 1.13. The zero-order chi connectivity index (χ0) is 9.26. The van der Waals surface area contributed by atoms with E-state index < -0.39 is 0 Å². The summed E-state index contributed by atoms with van der Waals surface area (Å²) in [5.74, 6) is 1.71. The summed E-state index contributed by atoms with van der Waals surface area (Å²) in [4.78, 5) is 0. The predicted octanol–water partition coefficient (Wildman–Crippen LogP) is 2.35. The molecule has 1 aliphatic rings. The van der Waals surface area contributed by atoms with Crippen molar-refractivity contribution in [3.05, 3.63) is 23.8 Å². The Labute approximate surface area is 78.2 Å². The van der Waals surface area contributed by atoms with Crippen LogP contribution in [-0.2, 0) is 6.42 Å². The second-order valence-electron chi connectivity index (χ2n) is 3.62. The number of rotatable bonds is 3. The van der Waals surface area contributed by atoms with Crippen LogP contribution in [0, 0.1) is 5.92 Å². The molecule has 0 saturated heterocycles. The molecule has 0 amide bonds. The van der Waals surface area contributed by atoms with E-state index in [0.29, 0.717) is 5.75 Å². The highest BCUT2D eigenvalue weighted by Crippen LogP contribution is 2.38. The van der Waals surface area contributed by atoms with Crippen molar-refractivity contribution in [2.75, 3.05) is 7.11 Å². The summed E-state index contributed by atoms with van der Waals surface area (Å²) in [6.07, 6.45) is 3.68. The lowest BCUT2D eigenvalue weighted by molar-refractivity contribution is 0.368. The molecule has 1 aromatic carbocycles. The van der Waals surface area contributed by atoms with Crippen molar-refractivity contribution in [2.45, 2.75) is 19.3 Å². The van der Waals surface area contributed by atoms with Gasteiger partial charge in [-0.2, -0.15) is 0 Å². The van der Waals surface area contributed by atoms with Gasteiger partial charge in [0.15, 0.2) is 11.5 Å². The topological polar surface area (TPSA) is 29.5 Å². The van der Waals surface area contributed by atoms with E-state index in [-0.39, 0.29) is 5.75 Å². The summed E-state index contributed by atoms with van der Waals surface area (Å²) in [5, 5.41) is 9.50. The molecule has 2 rings (SSSR count). The Morgan fingerprint density at radius 3 is 2.85 bits per heavy atom. The van der Waals surface area contributed by atoms with Crippen LogP contribution < -0.4 is 4.74 Å². The molecule has 0 aliphatic heterocycles. The number of hydrogen-bond acceptors (Lipinski definition) is 2. The average Bonchev–Trinajstić information content (AvgIpc) is 2.89. The number of hydrogen-bond donors (Lipinski definition) is 1. The smallest absolute Gasteiger partial charge is 0.163 e. The number of phenols is 1. The third kappa shape index (κ3) is 1.77. The van der Waals surface area contributed by atoms with Crippen molar-refractivity contribution >= 4 is 0 Å². The van der Waals surface area contributed by atoms with Crippen LogP contribution in [0.25, 0.3) is 0 Å². The number of aromatic hydroxyl groups is 1.